The van der Waals surface area contributed by atoms with Gasteiger partial charge in [-0.1, -0.05) is 42.0 Å². The van der Waals surface area contributed by atoms with Gasteiger partial charge in [-0.05, 0) is 55.3 Å². The number of hydrogen-bond acceptors (Lipinski definition) is 6. The van der Waals surface area contributed by atoms with E-state index in [1.165, 1.54) is 16.9 Å². The molecule has 2 heterocycles. The molecule has 6 nitrogen and oxygen atoms in total. The van der Waals surface area contributed by atoms with Gasteiger partial charge in [0.05, 0.1) is 21.6 Å². The molecule has 0 aliphatic rings. The second kappa shape index (κ2) is 9.72. The minimum atomic E-state index is -0.550. The normalized spacial score (nSPS) is 11.7. The van der Waals surface area contributed by atoms with Crippen molar-refractivity contribution in [3.05, 3.63) is 94.5 Å². The summed E-state index contributed by atoms with van der Waals surface area (Å²) in [7, 11) is 0. The van der Waals surface area contributed by atoms with Gasteiger partial charge in [0.1, 0.15) is 0 Å². The molecule has 2 aromatic carbocycles. The molecule has 3 N–H and O–H groups in total. The lowest BCUT2D eigenvalue weighted by atomic mass is 10.1. The van der Waals surface area contributed by atoms with E-state index in [4.69, 9.17) is 0 Å². The van der Waals surface area contributed by atoms with E-state index in [1.54, 1.807) is 13.1 Å². The second-order valence-corrected chi connectivity index (χ2v) is 8.61. The summed E-state index contributed by atoms with van der Waals surface area (Å²) < 4.78 is 0. The third-order valence-corrected chi connectivity index (χ3v) is 6.01. The maximum Gasteiger partial charge on any atom is 0.261 e. The van der Waals surface area contributed by atoms with Crippen LogP contribution in [0.3, 0.4) is 0 Å². The van der Waals surface area contributed by atoms with Crippen LogP contribution in [0.25, 0.3) is 10.6 Å². The Bertz CT molecular complexity index is 1240. The molecular weight excluding hydrogens is 420 g/mol. The van der Waals surface area contributed by atoms with E-state index in [9.17, 15) is 9.90 Å². The van der Waals surface area contributed by atoms with Gasteiger partial charge in [-0.25, -0.2) is 9.97 Å². The molecular formula is C25H24N4O2S. The van der Waals surface area contributed by atoms with Crippen molar-refractivity contribution < 1.29 is 9.90 Å². The topological polar surface area (TPSA) is 87.1 Å². The summed E-state index contributed by atoms with van der Waals surface area (Å²) in [5.74, 6) is 0.342. The van der Waals surface area contributed by atoms with Gasteiger partial charge in [0.2, 0.25) is 5.95 Å². The van der Waals surface area contributed by atoms with Gasteiger partial charge in [0.25, 0.3) is 5.91 Å². The van der Waals surface area contributed by atoms with Gasteiger partial charge in [-0.15, -0.1) is 11.3 Å². The molecule has 0 radical (unpaired) electrons. The summed E-state index contributed by atoms with van der Waals surface area (Å²) in [6, 6.07) is 21.1. The highest BCUT2D eigenvalue weighted by atomic mass is 32.1. The number of anilines is 2. The molecule has 1 unspecified atom stereocenters. The van der Waals surface area contributed by atoms with E-state index in [-0.39, 0.29) is 5.91 Å². The highest BCUT2D eigenvalue weighted by molar-refractivity contribution is 7.17. The third kappa shape index (κ3) is 5.38. The maximum atomic E-state index is 12.6. The van der Waals surface area contributed by atoms with E-state index < -0.39 is 6.10 Å². The van der Waals surface area contributed by atoms with Gasteiger partial charge in [-0.3, -0.25) is 4.79 Å². The van der Waals surface area contributed by atoms with Crippen molar-refractivity contribution in [3.63, 3.8) is 0 Å². The van der Waals surface area contributed by atoms with Crippen LogP contribution in [0.5, 0.6) is 0 Å². The first-order valence-electron chi connectivity index (χ1n) is 10.3. The number of carbonyl (C=O) groups excluding carboxylic acids is 1. The van der Waals surface area contributed by atoms with Crippen molar-refractivity contribution in [1.82, 2.24) is 15.3 Å². The Kier molecular flexibility index (Phi) is 6.58. The number of hydrogen-bond donors (Lipinski definition) is 3. The average Bonchev–Trinajstić information content (AvgIpc) is 3.28. The number of amides is 1. The predicted molar refractivity (Wildman–Crippen MR) is 128 cm³/mol. The fourth-order valence-corrected chi connectivity index (χ4v) is 4.14. The molecule has 0 aliphatic carbocycles. The summed E-state index contributed by atoms with van der Waals surface area (Å²) in [5, 5.41) is 15.9. The SMILES string of the molecule is Cc1cccc(CNC(=O)c2ccc(-c3ccnc(Nc4cccc(C(C)O)c4)n3)s2)c1. The third-order valence-electron chi connectivity index (χ3n) is 4.90. The van der Waals surface area contributed by atoms with Crippen LogP contribution in [0.4, 0.5) is 11.6 Å². The second-order valence-electron chi connectivity index (χ2n) is 7.53. The molecule has 0 spiro atoms. The zero-order chi connectivity index (χ0) is 22.5. The fraction of sp³-hybridized carbons (Fsp3) is 0.160. The van der Waals surface area contributed by atoms with E-state index >= 15 is 0 Å². The van der Waals surface area contributed by atoms with Crippen LogP contribution in [0.2, 0.25) is 0 Å². The van der Waals surface area contributed by atoms with Crippen LogP contribution in [-0.4, -0.2) is 21.0 Å². The number of aliphatic hydroxyl groups is 1. The Labute approximate surface area is 191 Å². The van der Waals surface area contributed by atoms with Crippen LogP contribution in [0, 0.1) is 6.92 Å². The summed E-state index contributed by atoms with van der Waals surface area (Å²) in [6.45, 7) is 4.24. The lowest BCUT2D eigenvalue weighted by Crippen LogP contribution is -2.21. The van der Waals surface area contributed by atoms with Gasteiger partial charge < -0.3 is 15.7 Å². The number of thiophene rings is 1. The predicted octanol–water partition coefficient (Wildman–Crippen LogP) is 5.24. The van der Waals surface area contributed by atoms with E-state index in [0.717, 1.165) is 27.4 Å². The van der Waals surface area contributed by atoms with Gasteiger partial charge in [0.15, 0.2) is 0 Å². The summed E-state index contributed by atoms with van der Waals surface area (Å²) in [6.07, 6.45) is 1.13. The number of rotatable bonds is 7. The van der Waals surface area contributed by atoms with Gasteiger partial charge in [-0.2, -0.15) is 0 Å². The van der Waals surface area contributed by atoms with Gasteiger partial charge in [0, 0.05) is 18.4 Å². The Morgan fingerprint density at radius 1 is 1.09 bits per heavy atom. The molecule has 7 heteroatoms. The smallest absolute Gasteiger partial charge is 0.261 e. The monoisotopic (exact) mass is 444 g/mol. The van der Waals surface area contributed by atoms with E-state index in [0.29, 0.717) is 17.4 Å². The van der Waals surface area contributed by atoms with Gasteiger partial charge >= 0.3 is 0 Å². The molecule has 0 bridgehead atoms. The Balaban J connectivity index is 1.45. The number of aliphatic hydroxyl groups excluding tert-OH is 1. The molecule has 4 aromatic rings. The lowest BCUT2D eigenvalue weighted by molar-refractivity contribution is 0.0955. The summed E-state index contributed by atoms with van der Waals surface area (Å²) in [4.78, 5) is 23.0. The molecule has 2 aromatic heterocycles. The highest BCUT2D eigenvalue weighted by Crippen LogP contribution is 2.28. The van der Waals surface area contributed by atoms with Crippen LogP contribution in [-0.2, 0) is 6.54 Å². The Morgan fingerprint density at radius 3 is 2.75 bits per heavy atom. The van der Waals surface area contributed by atoms with E-state index in [2.05, 4.69) is 26.7 Å². The molecule has 0 aliphatic heterocycles. The molecule has 162 valence electrons. The minimum absolute atomic E-state index is 0.106. The van der Waals surface area contributed by atoms with E-state index in [1.807, 2.05) is 67.6 Å². The zero-order valence-corrected chi connectivity index (χ0v) is 18.7. The maximum absolute atomic E-state index is 12.6. The van der Waals surface area contributed by atoms with Crippen molar-refractivity contribution in [1.29, 1.82) is 0 Å². The summed E-state index contributed by atoms with van der Waals surface area (Å²) in [5.41, 5.74) is 4.58. The number of carbonyl (C=O) groups is 1. The van der Waals surface area contributed by atoms with Crippen LogP contribution >= 0.6 is 11.3 Å². The molecule has 1 atom stereocenters. The first-order chi connectivity index (χ1) is 15.5. The number of aryl methyl sites for hydroxylation is 1. The Morgan fingerprint density at radius 2 is 1.94 bits per heavy atom. The van der Waals surface area contributed by atoms with Crippen molar-refractivity contribution in [2.45, 2.75) is 26.5 Å². The first kappa shape index (κ1) is 21.7. The number of nitrogens with one attached hydrogen (secondary N) is 2. The molecule has 0 fully saturated rings. The summed E-state index contributed by atoms with van der Waals surface area (Å²) >= 11 is 1.39. The lowest BCUT2D eigenvalue weighted by Gasteiger charge is -2.09. The quantitative estimate of drug-likeness (QED) is 0.363. The number of nitrogens with zero attached hydrogens (tertiary/aromatic N) is 2. The fourth-order valence-electron chi connectivity index (χ4n) is 3.25. The molecule has 1 amide bonds. The van der Waals surface area contributed by atoms with Crippen LogP contribution in [0.1, 0.15) is 39.4 Å². The Hall–Kier alpha value is -3.55. The standard InChI is InChI=1S/C25H24N4O2S/c1-16-5-3-6-18(13-16)15-27-24(31)23-10-9-22(32-23)21-11-12-26-25(29-21)28-20-8-4-7-19(14-20)17(2)30/h3-14,17,30H,15H2,1-2H3,(H,27,31)(H,26,28,29). The average molecular weight is 445 g/mol. The molecule has 0 saturated heterocycles. The highest BCUT2D eigenvalue weighted by Gasteiger charge is 2.12. The molecule has 0 saturated carbocycles. The minimum Gasteiger partial charge on any atom is -0.389 e. The van der Waals surface area contributed by atoms with Crippen molar-refractivity contribution in [3.8, 4) is 10.6 Å². The van der Waals surface area contributed by atoms with Crippen LogP contribution in [0.15, 0.2) is 72.9 Å². The van der Waals surface area contributed by atoms with Crippen molar-refractivity contribution >= 4 is 28.9 Å². The molecule has 4 rings (SSSR count). The first-order valence-corrected chi connectivity index (χ1v) is 11.1. The number of benzene rings is 2. The zero-order valence-electron chi connectivity index (χ0n) is 17.9. The largest absolute Gasteiger partial charge is 0.389 e. The van der Waals surface area contributed by atoms with Crippen LogP contribution < -0.4 is 10.6 Å². The number of aromatic nitrogens is 2. The van der Waals surface area contributed by atoms with Crippen molar-refractivity contribution in [2.24, 2.45) is 0 Å². The molecule has 32 heavy (non-hydrogen) atoms. The van der Waals surface area contributed by atoms with Crippen molar-refractivity contribution in [2.75, 3.05) is 5.32 Å².